The van der Waals surface area contributed by atoms with Gasteiger partial charge in [-0.3, -0.25) is 9.69 Å². The number of rotatable bonds is 6. The van der Waals surface area contributed by atoms with Crippen molar-refractivity contribution >= 4 is 17.5 Å². The second-order valence-corrected chi connectivity index (χ2v) is 8.38. The molecule has 1 N–H and O–H groups in total. The predicted molar refractivity (Wildman–Crippen MR) is 118 cm³/mol. The highest BCUT2D eigenvalue weighted by Crippen LogP contribution is 2.25. The Bertz CT molecular complexity index is 1030. The van der Waals surface area contributed by atoms with Crippen molar-refractivity contribution in [2.45, 2.75) is 32.9 Å². The zero-order valence-electron chi connectivity index (χ0n) is 17.4. The van der Waals surface area contributed by atoms with Crippen molar-refractivity contribution in [3.8, 4) is 11.5 Å². The number of benzene rings is 2. The van der Waals surface area contributed by atoms with Crippen LogP contribution in [0.1, 0.15) is 29.9 Å². The zero-order chi connectivity index (χ0) is 21.8. The van der Waals surface area contributed by atoms with E-state index in [1.54, 1.807) is 12.1 Å². The first-order chi connectivity index (χ1) is 15.0. The van der Waals surface area contributed by atoms with Gasteiger partial charge in [-0.15, -0.1) is 0 Å². The highest BCUT2D eigenvalue weighted by molar-refractivity contribution is 6.30. The van der Waals surface area contributed by atoms with Gasteiger partial charge in [-0.1, -0.05) is 23.7 Å². The molecule has 0 aliphatic carbocycles. The molecule has 1 atom stereocenters. The van der Waals surface area contributed by atoms with E-state index in [1.165, 1.54) is 12.1 Å². The third-order valence-electron chi connectivity index (χ3n) is 5.61. The molecule has 5 nitrogen and oxygen atoms in total. The first kappa shape index (κ1) is 21.5. The molecule has 1 fully saturated rings. The maximum Gasteiger partial charge on any atom is 0.226 e. The Balaban J connectivity index is 1.35. The SMILES string of the molecule is Cc1oc(-c2ccc(Cl)cc2)nc1CN1CCCC(C(=O)NCc2ccc(F)cc2)C1. The third kappa shape index (κ3) is 5.51. The number of hydrogen-bond donors (Lipinski definition) is 1. The van der Waals surface area contributed by atoms with Gasteiger partial charge in [0, 0.05) is 30.2 Å². The van der Waals surface area contributed by atoms with Crippen molar-refractivity contribution in [1.82, 2.24) is 15.2 Å². The number of halogens is 2. The molecule has 1 amide bonds. The first-order valence-corrected chi connectivity index (χ1v) is 10.8. The number of aryl methyl sites for hydroxylation is 1. The van der Waals surface area contributed by atoms with Gasteiger partial charge < -0.3 is 9.73 Å². The Kier molecular flexibility index (Phi) is 6.68. The van der Waals surface area contributed by atoms with E-state index >= 15 is 0 Å². The fourth-order valence-corrected chi connectivity index (χ4v) is 3.98. The minimum atomic E-state index is -0.277. The molecule has 1 aromatic heterocycles. The Hall–Kier alpha value is -2.70. The second kappa shape index (κ2) is 9.62. The number of aromatic nitrogens is 1. The van der Waals surface area contributed by atoms with Crippen molar-refractivity contribution in [3.05, 3.63) is 76.4 Å². The molecule has 4 rings (SSSR count). The minimum Gasteiger partial charge on any atom is -0.441 e. The van der Waals surface area contributed by atoms with Crippen LogP contribution in [0.3, 0.4) is 0 Å². The molecular formula is C24H25ClFN3O2. The van der Waals surface area contributed by atoms with E-state index in [9.17, 15) is 9.18 Å². The Morgan fingerprint density at radius 3 is 2.71 bits per heavy atom. The van der Waals surface area contributed by atoms with E-state index in [1.807, 2.05) is 31.2 Å². The summed E-state index contributed by atoms with van der Waals surface area (Å²) in [5, 5.41) is 3.65. The van der Waals surface area contributed by atoms with Crippen LogP contribution in [0.2, 0.25) is 5.02 Å². The van der Waals surface area contributed by atoms with Gasteiger partial charge in [0.1, 0.15) is 11.6 Å². The van der Waals surface area contributed by atoms with Gasteiger partial charge in [-0.25, -0.2) is 9.37 Å². The molecule has 0 saturated carbocycles. The lowest BCUT2D eigenvalue weighted by atomic mass is 9.97. The van der Waals surface area contributed by atoms with Crippen molar-refractivity contribution in [2.24, 2.45) is 5.92 Å². The van der Waals surface area contributed by atoms with Crippen LogP contribution in [0, 0.1) is 18.7 Å². The normalized spacial score (nSPS) is 16.9. The molecule has 0 bridgehead atoms. The smallest absolute Gasteiger partial charge is 0.226 e. The van der Waals surface area contributed by atoms with Crippen LogP contribution in [0.15, 0.2) is 52.9 Å². The number of amides is 1. The van der Waals surface area contributed by atoms with Crippen LogP contribution in [-0.2, 0) is 17.9 Å². The summed E-state index contributed by atoms with van der Waals surface area (Å²) in [5.74, 6) is 1.05. The molecule has 3 aromatic rings. The fourth-order valence-electron chi connectivity index (χ4n) is 3.85. The number of nitrogens with one attached hydrogen (secondary N) is 1. The van der Waals surface area contributed by atoms with Gasteiger partial charge in [0.25, 0.3) is 0 Å². The summed E-state index contributed by atoms with van der Waals surface area (Å²) in [7, 11) is 0. The standard InChI is InChI=1S/C24H25ClFN3O2/c1-16-22(28-24(31-16)18-6-8-20(25)9-7-18)15-29-12-2-3-19(14-29)23(30)27-13-17-4-10-21(26)11-5-17/h4-11,19H,2-3,12-15H2,1H3,(H,27,30). The molecule has 1 aliphatic heterocycles. The molecule has 2 aromatic carbocycles. The number of oxazole rings is 1. The van der Waals surface area contributed by atoms with Crippen molar-refractivity contribution in [3.63, 3.8) is 0 Å². The average Bonchev–Trinajstić information content (AvgIpc) is 3.14. The Morgan fingerprint density at radius 2 is 1.97 bits per heavy atom. The topological polar surface area (TPSA) is 58.4 Å². The van der Waals surface area contributed by atoms with Crippen LogP contribution in [0.25, 0.3) is 11.5 Å². The lowest BCUT2D eigenvalue weighted by Crippen LogP contribution is -2.42. The average molecular weight is 442 g/mol. The summed E-state index contributed by atoms with van der Waals surface area (Å²) in [4.78, 5) is 19.6. The Morgan fingerprint density at radius 1 is 1.23 bits per heavy atom. The molecule has 0 spiro atoms. The molecule has 1 unspecified atom stereocenters. The number of piperidine rings is 1. The van der Waals surface area contributed by atoms with Crippen LogP contribution in [-0.4, -0.2) is 28.9 Å². The van der Waals surface area contributed by atoms with Gasteiger partial charge in [0.05, 0.1) is 11.6 Å². The lowest BCUT2D eigenvalue weighted by molar-refractivity contribution is -0.127. The van der Waals surface area contributed by atoms with Gasteiger partial charge in [-0.2, -0.15) is 0 Å². The van der Waals surface area contributed by atoms with E-state index in [2.05, 4.69) is 15.2 Å². The summed E-state index contributed by atoms with van der Waals surface area (Å²) in [6.07, 6.45) is 1.81. The highest BCUT2D eigenvalue weighted by atomic mass is 35.5. The zero-order valence-corrected chi connectivity index (χ0v) is 18.2. The number of carbonyl (C=O) groups excluding carboxylic acids is 1. The molecule has 0 radical (unpaired) electrons. The van der Waals surface area contributed by atoms with E-state index < -0.39 is 0 Å². The predicted octanol–water partition coefficient (Wildman–Crippen LogP) is 4.97. The maximum atomic E-state index is 13.0. The van der Waals surface area contributed by atoms with Crippen LogP contribution in [0.4, 0.5) is 4.39 Å². The first-order valence-electron chi connectivity index (χ1n) is 10.4. The molecule has 31 heavy (non-hydrogen) atoms. The summed E-state index contributed by atoms with van der Waals surface area (Å²) in [6.45, 7) is 4.56. The summed E-state index contributed by atoms with van der Waals surface area (Å²) >= 11 is 5.96. The second-order valence-electron chi connectivity index (χ2n) is 7.95. The number of carbonyl (C=O) groups is 1. The number of likely N-dealkylation sites (tertiary alicyclic amines) is 1. The Labute approximate surface area is 186 Å². The number of nitrogens with zero attached hydrogens (tertiary/aromatic N) is 2. The largest absolute Gasteiger partial charge is 0.441 e. The summed E-state index contributed by atoms with van der Waals surface area (Å²) < 4.78 is 18.9. The maximum absolute atomic E-state index is 13.0. The summed E-state index contributed by atoms with van der Waals surface area (Å²) in [6, 6.07) is 13.6. The van der Waals surface area contributed by atoms with Gasteiger partial charge in [0.15, 0.2) is 0 Å². The van der Waals surface area contributed by atoms with E-state index in [-0.39, 0.29) is 17.6 Å². The monoisotopic (exact) mass is 441 g/mol. The number of hydrogen-bond acceptors (Lipinski definition) is 4. The quantitative estimate of drug-likeness (QED) is 0.586. The van der Waals surface area contributed by atoms with Crippen LogP contribution in [0.5, 0.6) is 0 Å². The van der Waals surface area contributed by atoms with Gasteiger partial charge >= 0.3 is 0 Å². The lowest BCUT2D eigenvalue weighted by Gasteiger charge is -2.31. The van der Waals surface area contributed by atoms with E-state index in [0.29, 0.717) is 30.5 Å². The molecular weight excluding hydrogens is 417 g/mol. The summed E-state index contributed by atoms with van der Waals surface area (Å²) in [5.41, 5.74) is 2.66. The molecule has 2 heterocycles. The third-order valence-corrected chi connectivity index (χ3v) is 5.87. The molecule has 1 saturated heterocycles. The van der Waals surface area contributed by atoms with Crippen molar-refractivity contribution < 1.29 is 13.6 Å². The molecule has 162 valence electrons. The van der Waals surface area contributed by atoms with Gasteiger partial charge in [-0.05, 0) is 68.3 Å². The van der Waals surface area contributed by atoms with Crippen molar-refractivity contribution in [2.75, 3.05) is 13.1 Å². The van der Waals surface area contributed by atoms with Crippen LogP contribution >= 0.6 is 11.6 Å². The van der Waals surface area contributed by atoms with Gasteiger partial charge in [0.2, 0.25) is 11.8 Å². The van der Waals surface area contributed by atoms with E-state index in [0.717, 1.165) is 42.0 Å². The van der Waals surface area contributed by atoms with Crippen molar-refractivity contribution in [1.29, 1.82) is 0 Å². The molecule has 7 heteroatoms. The highest BCUT2D eigenvalue weighted by Gasteiger charge is 2.27. The van der Waals surface area contributed by atoms with Crippen LogP contribution < -0.4 is 5.32 Å². The fraction of sp³-hybridized carbons (Fsp3) is 0.333. The molecule has 1 aliphatic rings. The minimum absolute atomic E-state index is 0.0350. The van der Waals surface area contributed by atoms with E-state index in [4.69, 9.17) is 16.0 Å².